The van der Waals surface area contributed by atoms with E-state index in [9.17, 15) is 0 Å². The van der Waals surface area contributed by atoms with Crippen molar-refractivity contribution in [2.45, 2.75) is 27.7 Å². The van der Waals surface area contributed by atoms with Crippen molar-refractivity contribution < 1.29 is 9.26 Å². The van der Waals surface area contributed by atoms with E-state index in [4.69, 9.17) is 19.2 Å². The second-order valence-corrected chi connectivity index (χ2v) is 8.00. The normalized spacial score (nSPS) is 14.1. The molecule has 3 aromatic heterocycles. The highest BCUT2D eigenvalue weighted by molar-refractivity contribution is 6.29. The van der Waals surface area contributed by atoms with Gasteiger partial charge in [-0.1, -0.05) is 25.1 Å². The first-order valence-corrected chi connectivity index (χ1v) is 10.2. The van der Waals surface area contributed by atoms with Crippen molar-refractivity contribution in [3.05, 3.63) is 47.6 Å². The van der Waals surface area contributed by atoms with E-state index in [1.54, 1.807) is 7.11 Å². The zero-order chi connectivity index (χ0) is 21.0. The molecule has 6 nitrogen and oxygen atoms in total. The van der Waals surface area contributed by atoms with Gasteiger partial charge in [-0.3, -0.25) is 9.98 Å². The number of aromatic nitrogens is 3. The number of rotatable bonds is 4. The minimum atomic E-state index is 0.349. The Balaban J connectivity index is 1.80. The van der Waals surface area contributed by atoms with Crippen LogP contribution < -0.4 is 4.74 Å². The predicted octanol–water partition coefficient (Wildman–Crippen LogP) is 5.49. The lowest BCUT2D eigenvalue weighted by Gasteiger charge is -2.12. The number of allylic oxidation sites excluding steroid dienone is 1. The third-order valence-corrected chi connectivity index (χ3v) is 5.77. The number of fused-ring (bicyclic) bond motifs is 3. The van der Waals surface area contributed by atoms with E-state index in [0.29, 0.717) is 12.5 Å². The van der Waals surface area contributed by atoms with Crippen LogP contribution in [0.5, 0.6) is 5.75 Å². The van der Waals surface area contributed by atoms with Crippen molar-refractivity contribution in [1.29, 1.82) is 0 Å². The molecule has 0 spiro atoms. The maximum atomic E-state index is 5.79. The van der Waals surface area contributed by atoms with E-state index >= 15 is 0 Å². The van der Waals surface area contributed by atoms with Crippen molar-refractivity contribution in [3.63, 3.8) is 0 Å². The molecule has 0 atom stereocenters. The maximum absolute atomic E-state index is 5.79. The zero-order valence-corrected chi connectivity index (χ0v) is 17.8. The second kappa shape index (κ2) is 6.83. The topological polar surface area (TPSA) is 76.3 Å². The van der Waals surface area contributed by atoms with Crippen LogP contribution in [-0.4, -0.2) is 34.5 Å². The van der Waals surface area contributed by atoms with Crippen LogP contribution in [0, 0.1) is 19.8 Å². The number of pyridine rings is 1. The number of ether oxygens (including phenoxy) is 1. The van der Waals surface area contributed by atoms with E-state index < -0.39 is 0 Å². The molecular weight excluding hydrogens is 376 g/mol. The first-order chi connectivity index (χ1) is 14.5. The van der Waals surface area contributed by atoms with E-state index in [1.807, 2.05) is 26.1 Å². The maximum Gasteiger partial charge on any atom is 0.141 e. The van der Waals surface area contributed by atoms with Crippen LogP contribution in [0.25, 0.3) is 38.5 Å². The number of methoxy groups -OCH3 is 1. The molecule has 0 bridgehead atoms. The van der Waals surface area contributed by atoms with E-state index in [2.05, 4.69) is 42.2 Å². The molecule has 4 aromatic rings. The molecule has 1 aliphatic heterocycles. The van der Waals surface area contributed by atoms with Crippen LogP contribution in [0.15, 0.2) is 40.0 Å². The van der Waals surface area contributed by atoms with Crippen LogP contribution in [0.3, 0.4) is 0 Å². The van der Waals surface area contributed by atoms with Gasteiger partial charge in [-0.25, -0.2) is 0 Å². The van der Waals surface area contributed by atoms with Gasteiger partial charge in [0, 0.05) is 39.3 Å². The molecule has 0 aliphatic carbocycles. The SMILES string of the molecule is COc1cc2c(cc1-c1c(C)noc1C)[nH]c1ccnc(C3=CCN=C3C(C)C)c12. The largest absolute Gasteiger partial charge is 0.496 e. The first-order valence-electron chi connectivity index (χ1n) is 10.2. The molecule has 0 fully saturated rings. The summed E-state index contributed by atoms with van der Waals surface area (Å²) in [6.45, 7) is 8.93. The Hall–Kier alpha value is -3.41. The molecule has 1 aliphatic rings. The van der Waals surface area contributed by atoms with Crippen LogP contribution in [0.4, 0.5) is 0 Å². The van der Waals surface area contributed by atoms with Crippen LogP contribution >= 0.6 is 0 Å². The van der Waals surface area contributed by atoms with Crippen LogP contribution in [0.2, 0.25) is 0 Å². The molecule has 4 heterocycles. The van der Waals surface area contributed by atoms with Crippen molar-refractivity contribution in [2.75, 3.05) is 13.7 Å². The Morgan fingerprint density at radius 1 is 1.17 bits per heavy atom. The molecule has 152 valence electrons. The number of aromatic amines is 1. The minimum Gasteiger partial charge on any atom is -0.496 e. The smallest absolute Gasteiger partial charge is 0.141 e. The molecule has 5 rings (SSSR count). The Bertz CT molecular complexity index is 1340. The number of benzene rings is 1. The summed E-state index contributed by atoms with van der Waals surface area (Å²) in [6, 6.07) is 6.22. The molecular formula is C24H24N4O2. The molecule has 0 radical (unpaired) electrons. The zero-order valence-electron chi connectivity index (χ0n) is 17.8. The highest BCUT2D eigenvalue weighted by Gasteiger charge is 2.23. The average Bonchev–Trinajstić information content (AvgIpc) is 3.43. The van der Waals surface area contributed by atoms with Gasteiger partial charge in [0.1, 0.15) is 11.5 Å². The molecule has 0 saturated heterocycles. The monoisotopic (exact) mass is 400 g/mol. The van der Waals surface area contributed by atoms with Gasteiger partial charge in [0.25, 0.3) is 0 Å². The Labute approximate surface area is 174 Å². The number of hydrogen-bond acceptors (Lipinski definition) is 5. The van der Waals surface area contributed by atoms with Gasteiger partial charge in [0.05, 0.1) is 36.1 Å². The molecule has 1 N–H and O–H groups in total. The summed E-state index contributed by atoms with van der Waals surface area (Å²) in [6.07, 6.45) is 4.03. The summed E-state index contributed by atoms with van der Waals surface area (Å²) < 4.78 is 11.2. The van der Waals surface area contributed by atoms with Crippen molar-refractivity contribution in [3.8, 4) is 16.9 Å². The summed E-state index contributed by atoms with van der Waals surface area (Å²) in [7, 11) is 1.69. The summed E-state index contributed by atoms with van der Waals surface area (Å²) in [5.41, 5.74) is 8.06. The number of nitrogens with one attached hydrogen (secondary N) is 1. The Kier molecular flexibility index (Phi) is 4.24. The summed E-state index contributed by atoms with van der Waals surface area (Å²) in [5.74, 6) is 1.91. The van der Waals surface area contributed by atoms with Crippen molar-refractivity contribution in [1.82, 2.24) is 15.1 Å². The summed E-state index contributed by atoms with van der Waals surface area (Å²) >= 11 is 0. The van der Waals surface area contributed by atoms with E-state index in [1.165, 1.54) is 0 Å². The third-order valence-electron chi connectivity index (χ3n) is 5.77. The quantitative estimate of drug-likeness (QED) is 0.491. The standard InChI is InChI=1S/C24H24N4O2/c1-12(2)23-15(6-8-25-23)24-22-16-11-20(29-5)17(21-13(3)28-30-14(21)4)10-19(16)27-18(22)7-9-26-24/h6-7,9-12,27H,8H2,1-5H3. The Morgan fingerprint density at radius 2 is 2.00 bits per heavy atom. The fourth-order valence-corrected chi connectivity index (χ4v) is 4.45. The lowest BCUT2D eigenvalue weighted by atomic mass is 9.95. The minimum absolute atomic E-state index is 0.349. The number of nitrogens with zero attached hydrogens (tertiary/aromatic N) is 3. The average molecular weight is 400 g/mol. The molecule has 6 heteroatoms. The second-order valence-electron chi connectivity index (χ2n) is 8.00. The van der Waals surface area contributed by atoms with Crippen molar-refractivity contribution in [2.24, 2.45) is 10.9 Å². The predicted molar refractivity (Wildman–Crippen MR) is 120 cm³/mol. The Morgan fingerprint density at radius 3 is 2.70 bits per heavy atom. The number of aryl methyl sites for hydroxylation is 2. The van der Waals surface area contributed by atoms with Gasteiger partial charge in [0.15, 0.2) is 0 Å². The highest BCUT2D eigenvalue weighted by atomic mass is 16.5. The molecule has 0 amide bonds. The number of H-pyrrole nitrogens is 1. The fraction of sp³-hybridized carbons (Fsp3) is 0.292. The van der Waals surface area contributed by atoms with Gasteiger partial charge < -0.3 is 14.2 Å². The molecule has 0 saturated carbocycles. The van der Waals surface area contributed by atoms with Gasteiger partial charge in [0.2, 0.25) is 0 Å². The summed E-state index contributed by atoms with van der Waals surface area (Å²) in [5, 5.41) is 6.29. The van der Waals surface area contributed by atoms with Crippen molar-refractivity contribution >= 4 is 33.1 Å². The van der Waals surface area contributed by atoms with Gasteiger partial charge >= 0.3 is 0 Å². The first kappa shape index (κ1) is 18.6. The molecule has 30 heavy (non-hydrogen) atoms. The van der Waals surface area contributed by atoms with Gasteiger partial charge in [-0.15, -0.1) is 0 Å². The molecule has 0 unspecified atom stereocenters. The van der Waals surface area contributed by atoms with Crippen LogP contribution in [0.1, 0.15) is 31.0 Å². The number of hydrogen-bond donors (Lipinski definition) is 1. The lowest BCUT2D eigenvalue weighted by Crippen LogP contribution is -2.08. The fourth-order valence-electron chi connectivity index (χ4n) is 4.45. The van der Waals surface area contributed by atoms with E-state index in [-0.39, 0.29) is 0 Å². The van der Waals surface area contributed by atoms with Gasteiger partial charge in [-0.05, 0) is 38.0 Å². The van der Waals surface area contributed by atoms with Gasteiger partial charge in [-0.2, -0.15) is 0 Å². The summed E-state index contributed by atoms with van der Waals surface area (Å²) in [4.78, 5) is 13.0. The van der Waals surface area contributed by atoms with Crippen LogP contribution in [-0.2, 0) is 0 Å². The lowest BCUT2D eigenvalue weighted by molar-refractivity contribution is 0.393. The third kappa shape index (κ3) is 2.67. The highest BCUT2D eigenvalue weighted by Crippen LogP contribution is 2.41. The molecule has 1 aromatic carbocycles. The number of aliphatic imine (C=N–C) groups is 1. The van der Waals surface area contributed by atoms with E-state index in [0.717, 1.165) is 67.1 Å².